The number of rotatable bonds is 2. The second-order valence-electron chi connectivity index (χ2n) is 4.04. The lowest BCUT2D eigenvalue weighted by Gasteiger charge is -2.43. The van der Waals surface area contributed by atoms with Gasteiger partial charge in [-0.25, -0.2) is 0 Å². The molecule has 110 valence electrons. The van der Waals surface area contributed by atoms with Gasteiger partial charge in [-0.15, -0.1) is 0 Å². The summed E-state index contributed by atoms with van der Waals surface area (Å²) in [5.74, 6) is -2.84. The largest absolute Gasteiger partial charge is 0.440 e. The topological polar surface area (TPSA) is 49.4 Å². The number of amides is 2. The highest BCUT2D eigenvalue weighted by atomic mass is 19.4. The van der Waals surface area contributed by atoms with Gasteiger partial charge in [0.05, 0.1) is 0 Å². The Hall–Kier alpha value is -1.48. The molecule has 4 nitrogen and oxygen atoms in total. The normalized spacial score (nSPS) is 17.8. The number of carbonyl (C=O) groups excluding carboxylic acids is 2. The van der Waals surface area contributed by atoms with Crippen LogP contribution in [0.15, 0.2) is 0 Å². The molecule has 0 aromatic heterocycles. The van der Waals surface area contributed by atoms with E-state index in [4.69, 9.17) is 0 Å². The van der Waals surface area contributed by atoms with Gasteiger partial charge >= 0.3 is 18.0 Å². The molecule has 10 heteroatoms. The van der Waals surface area contributed by atoms with Crippen LogP contribution in [-0.4, -0.2) is 41.3 Å². The summed E-state index contributed by atoms with van der Waals surface area (Å²) in [5, 5.41) is 0.862. The molecule has 1 fully saturated rings. The first-order valence-electron chi connectivity index (χ1n) is 5.16. The summed E-state index contributed by atoms with van der Waals surface area (Å²) in [6, 6.07) is 0. The molecule has 1 N–H and O–H groups in total. The minimum Gasteiger partial charge on any atom is -0.318 e. The Labute approximate surface area is 103 Å². The predicted molar refractivity (Wildman–Crippen MR) is 49.6 cm³/mol. The van der Waals surface area contributed by atoms with E-state index in [9.17, 15) is 35.9 Å². The molecule has 1 rings (SSSR count). The molecule has 1 heterocycles. The van der Waals surface area contributed by atoms with Crippen molar-refractivity contribution in [3.05, 3.63) is 0 Å². The van der Waals surface area contributed by atoms with Crippen molar-refractivity contribution in [1.82, 2.24) is 10.2 Å². The Morgan fingerprint density at radius 2 is 1.63 bits per heavy atom. The number of halogens is 6. The maximum atomic E-state index is 12.9. The lowest BCUT2D eigenvalue weighted by Crippen LogP contribution is -2.76. The van der Waals surface area contributed by atoms with Gasteiger partial charge in [-0.1, -0.05) is 0 Å². The lowest BCUT2D eigenvalue weighted by molar-refractivity contribution is -0.342. The summed E-state index contributed by atoms with van der Waals surface area (Å²) in [4.78, 5) is 21.7. The quantitative estimate of drug-likeness (QED) is 0.785. The molecule has 0 aromatic carbocycles. The fourth-order valence-electron chi connectivity index (χ4n) is 1.93. The second kappa shape index (κ2) is 4.57. The van der Waals surface area contributed by atoms with E-state index in [1.165, 1.54) is 0 Å². The van der Waals surface area contributed by atoms with Crippen molar-refractivity contribution < 1.29 is 35.9 Å². The van der Waals surface area contributed by atoms with Gasteiger partial charge in [-0.3, -0.25) is 9.59 Å². The van der Waals surface area contributed by atoms with Crippen LogP contribution in [0.3, 0.4) is 0 Å². The van der Waals surface area contributed by atoms with Crippen LogP contribution in [-0.2, 0) is 9.59 Å². The maximum absolute atomic E-state index is 12.9. The third kappa shape index (κ3) is 2.47. The first-order valence-corrected chi connectivity index (χ1v) is 5.16. The van der Waals surface area contributed by atoms with E-state index in [2.05, 4.69) is 0 Å². The Bertz CT molecular complexity index is 375. The van der Waals surface area contributed by atoms with Crippen molar-refractivity contribution in [1.29, 1.82) is 0 Å². The molecule has 0 saturated carbocycles. The SMILES string of the molecule is CC(=O)NC(N1CCCC1=O)(C(F)(F)F)C(F)(F)F. The van der Waals surface area contributed by atoms with Crippen LogP contribution >= 0.6 is 0 Å². The maximum Gasteiger partial charge on any atom is 0.440 e. The highest BCUT2D eigenvalue weighted by Crippen LogP contribution is 2.46. The van der Waals surface area contributed by atoms with Crippen LogP contribution in [0.25, 0.3) is 0 Å². The van der Waals surface area contributed by atoms with E-state index in [1.807, 2.05) is 0 Å². The van der Waals surface area contributed by atoms with Crippen LogP contribution in [0.2, 0.25) is 0 Å². The van der Waals surface area contributed by atoms with Crippen LogP contribution in [0, 0.1) is 0 Å². The molecule has 0 atom stereocenters. The van der Waals surface area contributed by atoms with Gasteiger partial charge in [-0.2, -0.15) is 26.3 Å². The summed E-state index contributed by atoms with van der Waals surface area (Å²) >= 11 is 0. The predicted octanol–water partition coefficient (Wildman–Crippen LogP) is 1.57. The molecule has 0 bridgehead atoms. The molecule has 19 heavy (non-hydrogen) atoms. The number of hydrogen-bond donors (Lipinski definition) is 1. The summed E-state index contributed by atoms with van der Waals surface area (Å²) in [6.45, 7) is -0.203. The third-order valence-corrected chi connectivity index (χ3v) is 2.66. The van der Waals surface area contributed by atoms with Crippen molar-refractivity contribution >= 4 is 11.8 Å². The van der Waals surface area contributed by atoms with Gasteiger partial charge in [0.15, 0.2) is 0 Å². The minimum absolute atomic E-state index is 0.133. The zero-order valence-corrected chi connectivity index (χ0v) is 9.65. The molecular formula is C9H10F6N2O2. The van der Waals surface area contributed by atoms with E-state index < -0.39 is 42.8 Å². The fraction of sp³-hybridized carbons (Fsp3) is 0.778. The Kier molecular flexibility index (Phi) is 3.74. The highest BCUT2D eigenvalue weighted by molar-refractivity contribution is 5.81. The van der Waals surface area contributed by atoms with E-state index >= 15 is 0 Å². The summed E-state index contributed by atoms with van der Waals surface area (Å²) in [5.41, 5.74) is -4.67. The van der Waals surface area contributed by atoms with Crippen molar-refractivity contribution in [3.63, 3.8) is 0 Å². The van der Waals surface area contributed by atoms with Crippen molar-refractivity contribution in [2.75, 3.05) is 6.54 Å². The summed E-state index contributed by atoms with van der Waals surface area (Å²) < 4.78 is 77.6. The van der Waals surface area contributed by atoms with Crippen molar-refractivity contribution in [2.24, 2.45) is 0 Å². The number of carbonyl (C=O) groups is 2. The Morgan fingerprint density at radius 1 is 1.16 bits per heavy atom. The molecule has 0 unspecified atom stereocenters. The number of alkyl halides is 6. The van der Waals surface area contributed by atoms with Crippen molar-refractivity contribution in [3.8, 4) is 0 Å². The van der Waals surface area contributed by atoms with Gasteiger partial charge in [0, 0.05) is 19.9 Å². The lowest BCUT2D eigenvalue weighted by atomic mass is 10.1. The van der Waals surface area contributed by atoms with E-state index in [-0.39, 0.29) is 11.3 Å². The molecule has 0 aromatic rings. The first-order chi connectivity index (χ1) is 8.43. The standard InChI is InChI=1S/C9H10F6N2O2/c1-5(18)16-7(8(10,11)12,9(13,14)15)17-4-2-3-6(17)19/h2-4H2,1H3,(H,16,18). The minimum atomic E-state index is -5.88. The molecule has 1 aliphatic rings. The van der Waals surface area contributed by atoms with Gasteiger partial charge in [0.2, 0.25) is 11.8 Å². The van der Waals surface area contributed by atoms with Crippen LogP contribution in [0.5, 0.6) is 0 Å². The average molecular weight is 292 g/mol. The van der Waals surface area contributed by atoms with Crippen LogP contribution < -0.4 is 5.32 Å². The zero-order chi connectivity index (χ0) is 15.1. The van der Waals surface area contributed by atoms with E-state index in [0.717, 1.165) is 5.32 Å². The average Bonchev–Trinajstić information content (AvgIpc) is 2.56. The van der Waals surface area contributed by atoms with Gasteiger partial charge < -0.3 is 10.2 Å². The smallest absolute Gasteiger partial charge is 0.318 e. The monoisotopic (exact) mass is 292 g/mol. The number of nitrogens with zero attached hydrogens (tertiary/aromatic N) is 1. The molecule has 0 aliphatic carbocycles. The van der Waals surface area contributed by atoms with Crippen LogP contribution in [0.1, 0.15) is 19.8 Å². The zero-order valence-electron chi connectivity index (χ0n) is 9.65. The van der Waals surface area contributed by atoms with Gasteiger partial charge in [0.25, 0.3) is 0 Å². The van der Waals surface area contributed by atoms with E-state index in [0.29, 0.717) is 6.92 Å². The molecule has 0 spiro atoms. The summed E-state index contributed by atoms with van der Waals surface area (Å²) in [7, 11) is 0. The van der Waals surface area contributed by atoms with Gasteiger partial charge in [0.1, 0.15) is 0 Å². The fourth-order valence-corrected chi connectivity index (χ4v) is 1.93. The summed E-state index contributed by atoms with van der Waals surface area (Å²) in [6.07, 6.45) is -12.3. The number of nitrogens with one attached hydrogen (secondary N) is 1. The van der Waals surface area contributed by atoms with E-state index in [1.54, 1.807) is 0 Å². The first kappa shape index (κ1) is 15.6. The van der Waals surface area contributed by atoms with Crippen LogP contribution in [0.4, 0.5) is 26.3 Å². The van der Waals surface area contributed by atoms with Crippen molar-refractivity contribution in [2.45, 2.75) is 37.8 Å². The third-order valence-electron chi connectivity index (χ3n) is 2.66. The Balaban J connectivity index is 3.43. The highest BCUT2D eigenvalue weighted by Gasteiger charge is 2.76. The molecular weight excluding hydrogens is 282 g/mol. The van der Waals surface area contributed by atoms with Gasteiger partial charge in [-0.05, 0) is 6.42 Å². The molecule has 1 aliphatic heterocycles. The second-order valence-corrected chi connectivity index (χ2v) is 4.04. The Morgan fingerprint density at radius 3 is 1.89 bits per heavy atom. The molecule has 0 radical (unpaired) electrons. The molecule has 2 amide bonds. The number of hydrogen-bond acceptors (Lipinski definition) is 2. The number of likely N-dealkylation sites (tertiary alicyclic amines) is 1. The molecule has 1 saturated heterocycles.